The number of nitrogens with one attached hydrogen (secondary N) is 2. The van der Waals surface area contributed by atoms with Crippen molar-refractivity contribution in [2.75, 3.05) is 33.4 Å². The fourth-order valence-electron chi connectivity index (χ4n) is 3.99. The number of amides is 1. The van der Waals surface area contributed by atoms with Crippen LogP contribution in [0.2, 0.25) is 0 Å². The van der Waals surface area contributed by atoms with Gasteiger partial charge in [-0.05, 0) is 42.9 Å². The molecule has 3 rings (SSSR count). The largest absolute Gasteiger partial charge is 0.385 e. The SMILES string of the molecule is COCCCNC(=O)c1c[nH]c2ccc(S(=O)(=O)N3CC(C)CC(C)C3)cc2c1=O. The van der Waals surface area contributed by atoms with Gasteiger partial charge in [0.15, 0.2) is 0 Å². The van der Waals surface area contributed by atoms with Crippen LogP contribution in [-0.4, -0.2) is 57.0 Å². The highest BCUT2D eigenvalue weighted by molar-refractivity contribution is 7.89. The first-order chi connectivity index (χ1) is 14.2. The van der Waals surface area contributed by atoms with Gasteiger partial charge in [-0.15, -0.1) is 0 Å². The summed E-state index contributed by atoms with van der Waals surface area (Å²) < 4.78 is 32.8. The molecule has 2 atom stereocenters. The van der Waals surface area contributed by atoms with E-state index in [1.54, 1.807) is 13.2 Å². The number of aromatic nitrogens is 1. The van der Waals surface area contributed by atoms with Crippen molar-refractivity contribution in [3.63, 3.8) is 0 Å². The summed E-state index contributed by atoms with van der Waals surface area (Å²) in [6.07, 6.45) is 2.98. The highest BCUT2D eigenvalue weighted by Gasteiger charge is 2.32. The summed E-state index contributed by atoms with van der Waals surface area (Å²) in [4.78, 5) is 28.3. The Labute approximate surface area is 176 Å². The minimum atomic E-state index is -3.72. The first-order valence-electron chi connectivity index (χ1n) is 10.2. The van der Waals surface area contributed by atoms with E-state index in [9.17, 15) is 18.0 Å². The summed E-state index contributed by atoms with van der Waals surface area (Å²) >= 11 is 0. The number of hydrogen-bond acceptors (Lipinski definition) is 5. The lowest BCUT2D eigenvalue weighted by Crippen LogP contribution is -2.42. The van der Waals surface area contributed by atoms with Gasteiger partial charge in [-0.2, -0.15) is 4.31 Å². The monoisotopic (exact) mass is 435 g/mol. The summed E-state index contributed by atoms with van der Waals surface area (Å²) in [5.41, 5.74) is -0.0598. The second-order valence-electron chi connectivity index (χ2n) is 8.11. The summed E-state index contributed by atoms with van der Waals surface area (Å²) in [6, 6.07) is 4.44. The van der Waals surface area contributed by atoms with Crippen LogP contribution in [0.25, 0.3) is 10.9 Å². The topological polar surface area (TPSA) is 109 Å². The Hall–Kier alpha value is -2.23. The zero-order valence-electron chi connectivity index (χ0n) is 17.6. The number of rotatable bonds is 7. The highest BCUT2D eigenvalue weighted by atomic mass is 32.2. The van der Waals surface area contributed by atoms with Crippen molar-refractivity contribution in [3.8, 4) is 0 Å². The fraction of sp³-hybridized carbons (Fsp3) is 0.524. The Balaban J connectivity index is 1.92. The molecule has 1 aliphatic heterocycles. The Kier molecular flexibility index (Phi) is 6.95. The van der Waals surface area contributed by atoms with Gasteiger partial charge in [0.05, 0.1) is 4.90 Å². The lowest BCUT2D eigenvalue weighted by atomic mass is 9.94. The van der Waals surface area contributed by atoms with Gasteiger partial charge < -0.3 is 15.0 Å². The number of ether oxygens (including phenoxy) is 1. The minimum absolute atomic E-state index is 0.0466. The van der Waals surface area contributed by atoms with Crippen LogP contribution in [0.1, 0.15) is 37.0 Å². The Bertz CT molecular complexity index is 1070. The number of piperidine rings is 1. The number of H-pyrrole nitrogens is 1. The van der Waals surface area contributed by atoms with Crippen LogP contribution in [0.5, 0.6) is 0 Å². The zero-order valence-corrected chi connectivity index (χ0v) is 18.4. The van der Waals surface area contributed by atoms with Crippen molar-refractivity contribution < 1.29 is 17.9 Å². The molecule has 1 aromatic carbocycles. The Morgan fingerprint density at radius 1 is 1.27 bits per heavy atom. The predicted molar refractivity (Wildman–Crippen MR) is 115 cm³/mol. The van der Waals surface area contributed by atoms with Gasteiger partial charge in [0.2, 0.25) is 15.5 Å². The molecule has 2 aromatic rings. The molecule has 164 valence electrons. The summed E-state index contributed by atoms with van der Waals surface area (Å²) in [6.45, 7) is 5.89. The van der Waals surface area contributed by atoms with E-state index in [2.05, 4.69) is 10.3 Å². The molecule has 0 bridgehead atoms. The lowest BCUT2D eigenvalue weighted by molar-refractivity contribution is 0.0947. The molecule has 1 saturated heterocycles. The molecule has 1 aromatic heterocycles. The molecule has 2 heterocycles. The molecular weight excluding hydrogens is 406 g/mol. The van der Waals surface area contributed by atoms with Gasteiger partial charge in [0.1, 0.15) is 5.56 Å². The zero-order chi connectivity index (χ0) is 21.9. The highest BCUT2D eigenvalue weighted by Crippen LogP contribution is 2.27. The summed E-state index contributed by atoms with van der Waals surface area (Å²) in [5, 5.41) is 2.86. The van der Waals surface area contributed by atoms with Gasteiger partial charge in [-0.1, -0.05) is 13.8 Å². The molecule has 0 radical (unpaired) electrons. The smallest absolute Gasteiger partial charge is 0.256 e. The molecule has 8 nitrogen and oxygen atoms in total. The number of carbonyl (C=O) groups excluding carboxylic acids is 1. The van der Waals surface area contributed by atoms with Crippen molar-refractivity contribution >= 4 is 26.8 Å². The quantitative estimate of drug-likeness (QED) is 0.647. The van der Waals surface area contributed by atoms with Gasteiger partial charge in [0, 0.05) is 50.5 Å². The van der Waals surface area contributed by atoms with Crippen molar-refractivity contribution in [1.29, 1.82) is 0 Å². The summed E-state index contributed by atoms with van der Waals surface area (Å²) in [5.74, 6) is 0.0581. The van der Waals surface area contributed by atoms with E-state index in [0.717, 1.165) is 6.42 Å². The van der Waals surface area contributed by atoms with Crippen LogP contribution in [0.15, 0.2) is 34.1 Å². The van der Waals surface area contributed by atoms with Crippen LogP contribution < -0.4 is 10.7 Å². The van der Waals surface area contributed by atoms with Crippen LogP contribution in [0, 0.1) is 11.8 Å². The van der Waals surface area contributed by atoms with Crippen molar-refractivity contribution in [3.05, 3.63) is 40.2 Å². The van der Waals surface area contributed by atoms with E-state index in [1.165, 1.54) is 22.6 Å². The van der Waals surface area contributed by atoms with E-state index in [0.29, 0.717) is 38.2 Å². The average Bonchev–Trinajstić information content (AvgIpc) is 2.70. The second kappa shape index (κ2) is 9.28. The van der Waals surface area contributed by atoms with Crippen LogP contribution in [-0.2, 0) is 14.8 Å². The minimum Gasteiger partial charge on any atom is -0.385 e. The van der Waals surface area contributed by atoms with Crippen molar-refractivity contribution in [1.82, 2.24) is 14.6 Å². The number of carbonyl (C=O) groups is 1. The van der Waals surface area contributed by atoms with E-state index in [4.69, 9.17) is 4.74 Å². The maximum Gasteiger partial charge on any atom is 0.256 e. The molecule has 1 aliphatic rings. The molecule has 0 spiro atoms. The number of nitrogens with zero attached hydrogens (tertiary/aromatic N) is 1. The Morgan fingerprint density at radius 2 is 1.97 bits per heavy atom. The molecule has 1 fully saturated rings. The number of fused-ring (bicyclic) bond motifs is 1. The van der Waals surface area contributed by atoms with E-state index >= 15 is 0 Å². The molecule has 1 amide bonds. The number of benzene rings is 1. The third-order valence-corrected chi connectivity index (χ3v) is 7.21. The molecule has 2 unspecified atom stereocenters. The predicted octanol–water partition coefficient (Wildman–Crippen LogP) is 1.96. The van der Waals surface area contributed by atoms with Crippen LogP contribution >= 0.6 is 0 Å². The van der Waals surface area contributed by atoms with Gasteiger partial charge in [-0.3, -0.25) is 9.59 Å². The number of aromatic amines is 1. The maximum absolute atomic E-state index is 13.2. The fourth-order valence-corrected chi connectivity index (χ4v) is 5.70. The molecule has 0 aliphatic carbocycles. The van der Waals surface area contributed by atoms with E-state index in [1.807, 2.05) is 13.8 Å². The average molecular weight is 436 g/mol. The first-order valence-corrected chi connectivity index (χ1v) is 11.6. The van der Waals surface area contributed by atoms with Crippen molar-refractivity contribution in [2.24, 2.45) is 11.8 Å². The van der Waals surface area contributed by atoms with E-state index < -0.39 is 21.4 Å². The van der Waals surface area contributed by atoms with Gasteiger partial charge >= 0.3 is 0 Å². The molecule has 2 N–H and O–H groups in total. The Morgan fingerprint density at radius 3 is 2.63 bits per heavy atom. The van der Waals surface area contributed by atoms with Gasteiger partial charge in [0.25, 0.3) is 5.91 Å². The molecule has 30 heavy (non-hydrogen) atoms. The molecular formula is C21H29N3O5S. The lowest BCUT2D eigenvalue weighted by Gasteiger charge is -2.34. The first kappa shape index (κ1) is 22.5. The molecule has 0 saturated carbocycles. The normalized spacial score (nSPS) is 20.4. The number of pyridine rings is 1. The maximum atomic E-state index is 13.2. The number of methoxy groups -OCH3 is 1. The second-order valence-corrected chi connectivity index (χ2v) is 10.0. The third-order valence-electron chi connectivity index (χ3n) is 5.38. The van der Waals surface area contributed by atoms with Crippen LogP contribution in [0.4, 0.5) is 0 Å². The van der Waals surface area contributed by atoms with Crippen molar-refractivity contribution in [2.45, 2.75) is 31.6 Å². The van der Waals surface area contributed by atoms with Gasteiger partial charge in [-0.25, -0.2) is 8.42 Å². The number of hydrogen-bond donors (Lipinski definition) is 2. The molecule has 9 heteroatoms. The number of sulfonamides is 1. The van der Waals surface area contributed by atoms with E-state index in [-0.39, 0.29) is 27.7 Å². The third kappa shape index (κ3) is 4.74. The standard InChI is InChI=1S/C21H29N3O5S/c1-14-9-15(2)13-24(12-14)30(27,28)16-5-6-19-17(10-16)20(25)18(11-23-19)21(26)22-7-4-8-29-3/h5-6,10-11,14-15H,4,7-9,12-13H2,1-3H3,(H,22,26)(H,23,25). The summed E-state index contributed by atoms with van der Waals surface area (Å²) in [7, 11) is -2.15. The van der Waals surface area contributed by atoms with Crippen LogP contribution in [0.3, 0.4) is 0 Å².